The second-order valence-electron chi connectivity index (χ2n) is 4.17. The molecular formula is C11H16N2O6S2. The Morgan fingerprint density at radius 1 is 1.52 bits per heavy atom. The van der Waals surface area contributed by atoms with Crippen LogP contribution in [0.15, 0.2) is 10.3 Å². The number of esters is 1. The zero-order chi connectivity index (χ0) is 16.0. The van der Waals surface area contributed by atoms with Gasteiger partial charge in [0, 0.05) is 5.38 Å². The lowest BCUT2D eigenvalue weighted by Crippen LogP contribution is -2.41. The standard InChI is InChI=1S/C11H16N2O6S2/c1-3-4-5-7(10(14)15)13-21(17,18)8-6-20-12-9(8)11(16)19-2/h6-7,13H,3-5H2,1-2H3,(H,14,15)/t7-/m0/s1. The lowest BCUT2D eigenvalue weighted by molar-refractivity contribution is -0.139. The summed E-state index contributed by atoms with van der Waals surface area (Å²) in [6.45, 7) is 1.87. The van der Waals surface area contributed by atoms with Crippen molar-refractivity contribution in [3.8, 4) is 0 Å². The van der Waals surface area contributed by atoms with Gasteiger partial charge in [-0.2, -0.15) is 9.10 Å². The predicted octanol–water partition coefficient (Wildman–Crippen LogP) is 0.851. The van der Waals surface area contributed by atoms with E-state index in [1.807, 2.05) is 6.92 Å². The zero-order valence-electron chi connectivity index (χ0n) is 11.5. The monoisotopic (exact) mass is 336 g/mol. The number of unbranched alkanes of at least 4 members (excludes halogenated alkanes) is 1. The number of carboxylic acids is 1. The first-order valence-electron chi connectivity index (χ1n) is 6.11. The molecular weight excluding hydrogens is 320 g/mol. The van der Waals surface area contributed by atoms with Gasteiger partial charge in [0.1, 0.15) is 10.9 Å². The molecule has 118 valence electrons. The molecule has 0 aliphatic carbocycles. The largest absolute Gasteiger partial charge is 0.480 e. The van der Waals surface area contributed by atoms with Crippen LogP contribution < -0.4 is 4.72 Å². The number of carboxylic acid groups (broad SMARTS) is 1. The molecule has 0 saturated heterocycles. The van der Waals surface area contributed by atoms with Gasteiger partial charge in [-0.1, -0.05) is 19.8 Å². The molecule has 1 aromatic rings. The van der Waals surface area contributed by atoms with Gasteiger partial charge in [-0.05, 0) is 18.0 Å². The van der Waals surface area contributed by atoms with Gasteiger partial charge in [0.05, 0.1) is 7.11 Å². The number of hydrogen-bond acceptors (Lipinski definition) is 7. The fourth-order valence-corrected chi connectivity index (χ4v) is 3.88. The number of methoxy groups -OCH3 is 1. The van der Waals surface area contributed by atoms with Crippen LogP contribution in [0.1, 0.15) is 36.7 Å². The number of rotatable bonds is 8. The Hall–Kier alpha value is -1.52. The molecule has 1 aromatic heterocycles. The Bertz CT molecular complexity index is 610. The summed E-state index contributed by atoms with van der Waals surface area (Å²) in [6.07, 6.45) is 1.46. The number of nitrogens with zero attached hydrogens (tertiary/aromatic N) is 1. The van der Waals surface area contributed by atoms with Crippen molar-refractivity contribution in [3.63, 3.8) is 0 Å². The lowest BCUT2D eigenvalue weighted by atomic mass is 10.1. The lowest BCUT2D eigenvalue weighted by Gasteiger charge is -2.14. The van der Waals surface area contributed by atoms with Gasteiger partial charge in [0.2, 0.25) is 10.0 Å². The van der Waals surface area contributed by atoms with Crippen LogP contribution in [0.3, 0.4) is 0 Å². The molecule has 21 heavy (non-hydrogen) atoms. The van der Waals surface area contributed by atoms with Crippen molar-refractivity contribution in [2.45, 2.75) is 37.1 Å². The summed E-state index contributed by atoms with van der Waals surface area (Å²) in [5.41, 5.74) is -0.352. The minimum atomic E-state index is -4.16. The summed E-state index contributed by atoms with van der Waals surface area (Å²) < 4.78 is 34.6. The number of ether oxygens (including phenoxy) is 1. The fraction of sp³-hybridized carbons (Fsp3) is 0.545. The molecule has 1 atom stereocenters. The smallest absolute Gasteiger partial charge is 0.359 e. The van der Waals surface area contributed by atoms with Crippen molar-refractivity contribution in [1.29, 1.82) is 0 Å². The molecule has 0 saturated carbocycles. The molecule has 0 amide bonds. The SMILES string of the molecule is CCCC[C@H](NS(=O)(=O)c1csnc1C(=O)OC)C(=O)O. The maximum absolute atomic E-state index is 12.2. The minimum Gasteiger partial charge on any atom is -0.480 e. The maximum atomic E-state index is 12.2. The Balaban J connectivity index is 3.03. The summed E-state index contributed by atoms with van der Waals surface area (Å²) in [7, 11) is -3.06. The second-order valence-corrected chi connectivity index (χ2v) is 6.48. The number of sulfonamides is 1. The Morgan fingerprint density at radius 2 is 2.19 bits per heavy atom. The average molecular weight is 336 g/mol. The van der Waals surface area contributed by atoms with E-state index in [-0.39, 0.29) is 17.0 Å². The number of hydrogen-bond donors (Lipinski definition) is 2. The molecule has 0 radical (unpaired) electrons. The number of carbonyl (C=O) groups excluding carboxylic acids is 1. The molecule has 2 N–H and O–H groups in total. The molecule has 0 bridgehead atoms. The van der Waals surface area contributed by atoms with E-state index >= 15 is 0 Å². The van der Waals surface area contributed by atoms with E-state index in [4.69, 9.17) is 5.11 Å². The highest BCUT2D eigenvalue weighted by Gasteiger charge is 2.30. The van der Waals surface area contributed by atoms with Crippen LogP contribution in [0.5, 0.6) is 0 Å². The third-order valence-corrected chi connectivity index (χ3v) is 4.91. The normalized spacial score (nSPS) is 12.9. The molecule has 0 unspecified atom stereocenters. The Labute approximate surface area is 126 Å². The Kier molecular flexibility index (Phi) is 6.24. The molecule has 0 aromatic carbocycles. The maximum Gasteiger partial charge on any atom is 0.359 e. The van der Waals surface area contributed by atoms with E-state index in [1.54, 1.807) is 0 Å². The van der Waals surface area contributed by atoms with Gasteiger partial charge in [0.15, 0.2) is 5.69 Å². The van der Waals surface area contributed by atoms with Crippen LogP contribution in [-0.4, -0.2) is 43.0 Å². The van der Waals surface area contributed by atoms with Crippen LogP contribution in [0, 0.1) is 0 Å². The first kappa shape index (κ1) is 17.5. The number of carbonyl (C=O) groups is 2. The first-order valence-corrected chi connectivity index (χ1v) is 8.43. The highest BCUT2D eigenvalue weighted by Crippen LogP contribution is 2.19. The van der Waals surface area contributed by atoms with Gasteiger partial charge < -0.3 is 9.84 Å². The number of nitrogens with one attached hydrogen (secondary N) is 1. The topological polar surface area (TPSA) is 123 Å². The molecule has 1 rings (SSSR count). The van der Waals surface area contributed by atoms with Crippen molar-refractivity contribution < 1.29 is 27.9 Å². The van der Waals surface area contributed by atoms with Gasteiger partial charge in [-0.3, -0.25) is 4.79 Å². The highest BCUT2D eigenvalue weighted by atomic mass is 32.2. The molecule has 10 heteroatoms. The van der Waals surface area contributed by atoms with Gasteiger partial charge >= 0.3 is 11.9 Å². The van der Waals surface area contributed by atoms with Crippen LogP contribution in [0.2, 0.25) is 0 Å². The zero-order valence-corrected chi connectivity index (χ0v) is 13.2. The van der Waals surface area contributed by atoms with Gasteiger partial charge in [-0.15, -0.1) is 0 Å². The van der Waals surface area contributed by atoms with Crippen molar-refractivity contribution in [2.24, 2.45) is 0 Å². The predicted molar refractivity (Wildman–Crippen MR) is 74.7 cm³/mol. The van der Waals surface area contributed by atoms with E-state index in [1.165, 1.54) is 0 Å². The van der Waals surface area contributed by atoms with Crippen molar-refractivity contribution in [1.82, 2.24) is 9.10 Å². The average Bonchev–Trinajstić information content (AvgIpc) is 2.92. The molecule has 8 nitrogen and oxygen atoms in total. The van der Waals surface area contributed by atoms with Crippen molar-refractivity contribution in [3.05, 3.63) is 11.1 Å². The summed E-state index contributed by atoms with van der Waals surface area (Å²) in [5, 5.41) is 10.2. The van der Waals surface area contributed by atoms with Crippen LogP contribution in [0.4, 0.5) is 0 Å². The van der Waals surface area contributed by atoms with Crippen LogP contribution >= 0.6 is 11.5 Å². The van der Waals surface area contributed by atoms with E-state index < -0.39 is 28.0 Å². The first-order chi connectivity index (χ1) is 9.83. The molecule has 1 heterocycles. The summed E-state index contributed by atoms with van der Waals surface area (Å²) in [5.74, 6) is -2.16. The molecule has 0 aliphatic heterocycles. The number of aromatic nitrogens is 1. The number of aliphatic carboxylic acids is 1. The van der Waals surface area contributed by atoms with Gasteiger partial charge in [-0.25, -0.2) is 13.2 Å². The highest BCUT2D eigenvalue weighted by molar-refractivity contribution is 7.89. The van der Waals surface area contributed by atoms with E-state index in [0.717, 1.165) is 30.4 Å². The third-order valence-electron chi connectivity index (χ3n) is 2.65. The van der Waals surface area contributed by atoms with E-state index in [2.05, 4.69) is 13.8 Å². The third kappa shape index (κ3) is 4.48. The van der Waals surface area contributed by atoms with Gasteiger partial charge in [0.25, 0.3) is 0 Å². The van der Waals surface area contributed by atoms with Crippen LogP contribution in [0.25, 0.3) is 0 Å². The summed E-state index contributed by atoms with van der Waals surface area (Å²) in [4.78, 5) is 22.2. The molecule has 0 spiro atoms. The summed E-state index contributed by atoms with van der Waals surface area (Å²) in [6, 6.07) is -1.25. The second kappa shape index (κ2) is 7.48. The molecule has 0 fully saturated rings. The minimum absolute atomic E-state index is 0.163. The molecule has 0 aliphatic rings. The summed E-state index contributed by atoms with van der Waals surface area (Å²) >= 11 is 0.773. The fourth-order valence-electron chi connectivity index (χ4n) is 1.54. The van der Waals surface area contributed by atoms with E-state index in [9.17, 15) is 18.0 Å². The Morgan fingerprint density at radius 3 is 2.71 bits per heavy atom. The van der Waals surface area contributed by atoms with Crippen molar-refractivity contribution >= 4 is 33.5 Å². The van der Waals surface area contributed by atoms with Crippen LogP contribution in [-0.2, 0) is 19.6 Å². The quantitative estimate of drug-likeness (QED) is 0.675. The van der Waals surface area contributed by atoms with Crippen molar-refractivity contribution in [2.75, 3.05) is 7.11 Å². The van der Waals surface area contributed by atoms with E-state index in [0.29, 0.717) is 6.42 Å².